The van der Waals surface area contributed by atoms with Crippen molar-refractivity contribution in [2.75, 3.05) is 5.32 Å². The smallest absolute Gasteiger partial charge is 0.0374 e. The minimum atomic E-state index is 0.671. The van der Waals surface area contributed by atoms with Crippen molar-refractivity contribution in [3.05, 3.63) is 29.3 Å². The molecule has 0 amide bonds. The van der Waals surface area contributed by atoms with Gasteiger partial charge in [0.05, 0.1) is 0 Å². The number of rotatable bonds is 3. The molecule has 1 saturated carbocycles. The number of hydrogen-bond acceptors (Lipinski definition) is 1. The van der Waals surface area contributed by atoms with Crippen LogP contribution in [0.5, 0.6) is 0 Å². The summed E-state index contributed by atoms with van der Waals surface area (Å²) in [5.74, 6) is 1.78. The van der Waals surface area contributed by atoms with Gasteiger partial charge in [-0.2, -0.15) is 0 Å². The lowest BCUT2D eigenvalue weighted by atomic mass is 9.89. The van der Waals surface area contributed by atoms with E-state index in [1.165, 1.54) is 48.9 Å². The highest BCUT2D eigenvalue weighted by Crippen LogP contribution is 2.30. The third-order valence-electron chi connectivity index (χ3n) is 4.71. The number of anilines is 1. The third kappa shape index (κ3) is 3.99. The van der Waals surface area contributed by atoms with Crippen LogP contribution in [0, 0.1) is 25.7 Å². The van der Waals surface area contributed by atoms with Crippen LogP contribution in [0.3, 0.4) is 0 Å². The van der Waals surface area contributed by atoms with E-state index >= 15 is 0 Å². The summed E-state index contributed by atoms with van der Waals surface area (Å²) in [6.07, 6.45) is 6.85. The SMILES string of the molecule is Cc1ccc(C)c(NC2CCCC(C(C)C)CC2)c1. The molecule has 1 aromatic carbocycles. The van der Waals surface area contributed by atoms with Gasteiger partial charge in [-0.25, -0.2) is 0 Å². The van der Waals surface area contributed by atoms with Crippen molar-refractivity contribution in [2.45, 2.75) is 65.8 Å². The Labute approximate surface area is 118 Å². The molecule has 2 unspecified atom stereocenters. The van der Waals surface area contributed by atoms with Crippen LogP contribution in [-0.4, -0.2) is 6.04 Å². The Morgan fingerprint density at radius 2 is 1.84 bits per heavy atom. The predicted molar refractivity (Wildman–Crippen MR) is 84.7 cm³/mol. The first-order chi connectivity index (χ1) is 9.06. The molecule has 0 heterocycles. The van der Waals surface area contributed by atoms with Gasteiger partial charge in [-0.15, -0.1) is 0 Å². The maximum Gasteiger partial charge on any atom is 0.0374 e. The Balaban J connectivity index is 1.98. The van der Waals surface area contributed by atoms with Crippen LogP contribution in [0.4, 0.5) is 5.69 Å². The molecular formula is C18H29N. The molecule has 0 spiro atoms. The second-order valence-electron chi connectivity index (χ2n) is 6.67. The standard InChI is InChI=1S/C18H29N/c1-13(2)16-6-5-7-17(11-10-16)19-18-12-14(3)8-9-15(18)4/h8-9,12-13,16-17,19H,5-7,10-11H2,1-4H3. The number of aryl methyl sites for hydroxylation is 2. The minimum Gasteiger partial charge on any atom is -0.382 e. The zero-order valence-electron chi connectivity index (χ0n) is 13.0. The molecule has 106 valence electrons. The summed E-state index contributed by atoms with van der Waals surface area (Å²) in [6, 6.07) is 7.39. The molecule has 1 N–H and O–H groups in total. The first-order valence-corrected chi connectivity index (χ1v) is 7.90. The van der Waals surface area contributed by atoms with Gasteiger partial charge in [0.25, 0.3) is 0 Å². The van der Waals surface area contributed by atoms with Crippen LogP contribution >= 0.6 is 0 Å². The summed E-state index contributed by atoms with van der Waals surface area (Å²) in [7, 11) is 0. The van der Waals surface area contributed by atoms with Gasteiger partial charge in [0, 0.05) is 11.7 Å². The van der Waals surface area contributed by atoms with Crippen LogP contribution in [0.15, 0.2) is 18.2 Å². The van der Waals surface area contributed by atoms with Crippen molar-refractivity contribution in [1.29, 1.82) is 0 Å². The first kappa shape index (κ1) is 14.4. The third-order valence-corrected chi connectivity index (χ3v) is 4.71. The van der Waals surface area contributed by atoms with Crippen LogP contribution in [0.25, 0.3) is 0 Å². The van der Waals surface area contributed by atoms with Crippen molar-refractivity contribution in [2.24, 2.45) is 11.8 Å². The molecule has 1 aliphatic carbocycles. The van der Waals surface area contributed by atoms with Crippen molar-refractivity contribution in [1.82, 2.24) is 0 Å². The van der Waals surface area contributed by atoms with Gasteiger partial charge in [0.15, 0.2) is 0 Å². The molecule has 2 rings (SSSR count). The molecule has 0 saturated heterocycles. The second-order valence-corrected chi connectivity index (χ2v) is 6.67. The van der Waals surface area contributed by atoms with Gasteiger partial charge in [0.2, 0.25) is 0 Å². The molecule has 19 heavy (non-hydrogen) atoms. The van der Waals surface area contributed by atoms with E-state index in [4.69, 9.17) is 0 Å². The molecule has 1 fully saturated rings. The summed E-state index contributed by atoms with van der Waals surface area (Å²) < 4.78 is 0. The Kier molecular flexibility index (Phi) is 4.90. The normalized spacial score (nSPS) is 24.3. The van der Waals surface area contributed by atoms with Crippen LogP contribution in [0.1, 0.15) is 57.1 Å². The number of benzene rings is 1. The van der Waals surface area contributed by atoms with Gasteiger partial charge in [-0.3, -0.25) is 0 Å². The fourth-order valence-corrected chi connectivity index (χ4v) is 3.25. The molecule has 0 bridgehead atoms. The highest BCUT2D eigenvalue weighted by Gasteiger charge is 2.21. The van der Waals surface area contributed by atoms with Crippen LogP contribution in [0.2, 0.25) is 0 Å². The lowest BCUT2D eigenvalue weighted by Crippen LogP contribution is -2.19. The van der Waals surface area contributed by atoms with E-state index in [-0.39, 0.29) is 0 Å². The highest BCUT2D eigenvalue weighted by atomic mass is 14.9. The molecular weight excluding hydrogens is 230 g/mol. The Hall–Kier alpha value is -0.980. The predicted octanol–water partition coefficient (Wildman–Crippen LogP) is 5.32. The quantitative estimate of drug-likeness (QED) is 0.724. The Bertz CT molecular complexity index is 408. The van der Waals surface area contributed by atoms with Crippen LogP contribution < -0.4 is 5.32 Å². The van der Waals surface area contributed by atoms with Gasteiger partial charge in [-0.05, 0) is 62.1 Å². The molecule has 1 aromatic rings. The average molecular weight is 259 g/mol. The van der Waals surface area contributed by atoms with Crippen molar-refractivity contribution >= 4 is 5.69 Å². The Morgan fingerprint density at radius 1 is 1.05 bits per heavy atom. The molecule has 0 aliphatic heterocycles. The largest absolute Gasteiger partial charge is 0.382 e. The van der Waals surface area contributed by atoms with Crippen molar-refractivity contribution < 1.29 is 0 Å². The molecule has 1 nitrogen and oxygen atoms in total. The van der Waals surface area contributed by atoms with Gasteiger partial charge in [-0.1, -0.05) is 38.8 Å². The summed E-state index contributed by atoms with van der Waals surface area (Å²) in [5.41, 5.74) is 4.06. The fourth-order valence-electron chi connectivity index (χ4n) is 3.25. The van der Waals surface area contributed by atoms with E-state index in [0.29, 0.717) is 6.04 Å². The van der Waals surface area contributed by atoms with E-state index in [9.17, 15) is 0 Å². The van der Waals surface area contributed by atoms with E-state index in [1.54, 1.807) is 0 Å². The second kappa shape index (κ2) is 6.45. The first-order valence-electron chi connectivity index (χ1n) is 7.90. The molecule has 1 aliphatic rings. The maximum absolute atomic E-state index is 3.79. The molecule has 2 atom stereocenters. The summed E-state index contributed by atoms with van der Waals surface area (Å²) >= 11 is 0. The topological polar surface area (TPSA) is 12.0 Å². The maximum atomic E-state index is 3.79. The fraction of sp³-hybridized carbons (Fsp3) is 0.667. The highest BCUT2D eigenvalue weighted by molar-refractivity contribution is 5.53. The zero-order chi connectivity index (χ0) is 13.8. The molecule has 0 aromatic heterocycles. The monoisotopic (exact) mass is 259 g/mol. The minimum absolute atomic E-state index is 0.671. The summed E-state index contributed by atoms with van der Waals surface area (Å²) in [5, 5.41) is 3.79. The van der Waals surface area contributed by atoms with Gasteiger partial charge < -0.3 is 5.32 Å². The average Bonchev–Trinajstić information content (AvgIpc) is 2.59. The lowest BCUT2D eigenvalue weighted by Gasteiger charge is -2.21. The van der Waals surface area contributed by atoms with Crippen molar-refractivity contribution in [3.8, 4) is 0 Å². The molecule has 1 heteroatoms. The van der Waals surface area contributed by atoms with Gasteiger partial charge in [0.1, 0.15) is 0 Å². The summed E-state index contributed by atoms with van der Waals surface area (Å²) in [4.78, 5) is 0. The molecule has 0 radical (unpaired) electrons. The number of nitrogens with one attached hydrogen (secondary N) is 1. The van der Waals surface area contributed by atoms with E-state index < -0.39 is 0 Å². The Morgan fingerprint density at radius 3 is 2.58 bits per heavy atom. The lowest BCUT2D eigenvalue weighted by molar-refractivity contribution is 0.341. The zero-order valence-corrected chi connectivity index (χ0v) is 13.0. The van der Waals surface area contributed by atoms with E-state index in [0.717, 1.165) is 11.8 Å². The van der Waals surface area contributed by atoms with E-state index in [1.807, 2.05) is 0 Å². The van der Waals surface area contributed by atoms with Crippen molar-refractivity contribution in [3.63, 3.8) is 0 Å². The van der Waals surface area contributed by atoms with E-state index in [2.05, 4.69) is 51.2 Å². The summed E-state index contributed by atoms with van der Waals surface area (Å²) in [6.45, 7) is 9.13. The van der Waals surface area contributed by atoms with Gasteiger partial charge >= 0.3 is 0 Å². The van der Waals surface area contributed by atoms with Crippen LogP contribution in [-0.2, 0) is 0 Å². The number of hydrogen-bond donors (Lipinski definition) is 1.